The third kappa shape index (κ3) is 7.07. The number of rotatable bonds is 6. The Hall–Kier alpha value is -0.820. The van der Waals surface area contributed by atoms with E-state index in [9.17, 15) is 0 Å². The molecule has 0 amide bonds. The quantitative estimate of drug-likeness (QED) is 0.530. The van der Waals surface area contributed by atoms with Gasteiger partial charge in [0.2, 0.25) is 0 Å². The van der Waals surface area contributed by atoms with Gasteiger partial charge in [0.1, 0.15) is 0 Å². The zero-order valence-electron chi connectivity index (χ0n) is 6.42. The fourth-order valence-electron chi connectivity index (χ4n) is 0.771. The van der Waals surface area contributed by atoms with Gasteiger partial charge in [0.15, 0.2) is 0 Å². The van der Waals surface area contributed by atoms with Crippen LogP contribution in [0.25, 0.3) is 0 Å². The van der Waals surface area contributed by atoms with Gasteiger partial charge in [0.25, 0.3) is 0 Å². The van der Waals surface area contributed by atoms with E-state index in [1.807, 2.05) is 18.2 Å². The van der Waals surface area contributed by atoms with Crippen LogP contribution in [0.4, 0.5) is 0 Å². The van der Waals surface area contributed by atoms with Crippen LogP contribution in [0.1, 0.15) is 7.43 Å². The van der Waals surface area contributed by atoms with E-state index in [0.717, 1.165) is 19.6 Å². The molecule has 0 aromatic rings. The highest BCUT2D eigenvalue weighted by Crippen LogP contribution is 1.88. The van der Waals surface area contributed by atoms with Crippen molar-refractivity contribution in [1.29, 1.82) is 0 Å². The summed E-state index contributed by atoms with van der Waals surface area (Å²) in [5.74, 6) is 0. The summed E-state index contributed by atoms with van der Waals surface area (Å²) in [6, 6.07) is 0. The van der Waals surface area contributed by atoms with Gasteiger partial charge in [-0.3, -0.25) is 4.90 Å². The predicted octanol–water partition coefficient (Wildman–Crippen LogP) is 2.48. The van der Waals surface area contributed by atoms with Crippen LogP contribution in [0.3, 0.4) is 0 Å². The fourth-order valence-corrected chi connectivity index (χ4v) is 0.771. The monoisotopic (exact) mass is 153 g/mol. The Kier molecular flexibility index (Phi) is 10.7. The average Bonchev–Trinajstić information content (AvgIpc) is 1.90. The first kappa shape index (κ1) is 12.8. The molecule has 0 N–H and O–H groups in total. The lowest BCUT2D eigenvalue weighted by Gasteiger charge is -2.15. The van der Waals surface area contributed by atoms with Crippen molar-refractivity contribution in [1.82, 2.24) is 4.90 Å². The number of hydrogen-bond donors (Lipinski definition) is 0. The number of hydrogen-bond acceptors (Lipinski definition) is 1. The molecule has 0 aliphatic carbocycles. The molecule has 64 valence electrons. The molecule has 0 bridgehead atoms. The molecular weight excluding hydrogens is 134 g/mol. The first-order valence-corrected chi connectivity index (χ1v) is 3.40. The van der Waals surface area contributed by atoms with Gasteiger partial charge in [-0.1, -0.05) is 25.7 Å². The Balaban J connectivity index is 0. The van der Waals surface area contributed by atoms with Crippen LogP contribution >= 0.6 is 0 Å². The molecule has 0 aromatic carbocycles. The molecule has 0 heterocycles. The first-order valence-electron chi connectivity index (χ1n) is 3.40. The van der Waals surface area contributed by atoms with Crippen molar-refractivity contribution in [3.05, 3.63) is 38.0 Å². The van der Waals surface area contributed by atoms with E-state index in [1.54, 1.807) is 0 Å². The van der Waals surface area contributed by atoms with E-state index in [-0.39, 0.29) is 7.43 Å². The summed E-state index contributed by atoms with van der Waals surface area (Å²) in [7, 11) is 0. The van der Waals surface area contributed by atoms with Crippen LogP contribution in [0.15, 0.2) is 38.0 Å². The van der Waals surface area contributed by atoms with Crippen LogP contribution in [0.5, 0.6) is 0 Å². The van der Waals surface area contributed by atoms with Crippen molar-refractivity contribution in [3.63, 3.8) is 0 Å². The highest BCUT2D eigenvalue weighted by Gasteiger charge is 1.94. The van der Waals surface area contributed by atoms with Gasteiger partial charge < -0.3 is 0 Å². The molecule has 0 aromatic heterocycles. The van der Waals surface area contributed by atoms with E-state index in [4.69, 9.17) is 0 Å². The molecular formula is C10H19N. The second kappa shape index (κ2) is 9.18. The lowest BCUT2D eigenvalue weighted by Crippen LogP contribution is -2.23. The van der Waals surface area contributed by atoms with Crippen molar-refractivity contribution in [3.8, 4) is 0 Å². The maximum Gasteiger partial charge on any atom is 0.0167 e. The van der Waals surface area contributed by atoms with Crippen LogP contribution in [-0.2, 0) is 0 Å². The zero-order chi connectivity index (χ0) is 7.82. The van der Waals surface area contributed by atoms with Crippen molar-refractivity contribution in [2.45, 2.75) is 7.43 Å². The second-order valence-corrected chi connectivity index (χ2v) is 2.08. The predicted molar refractivity (Wildman–Crippen MR) is 53.8 cm³/mol. The van der Waals surface area contributed by atoms with Crippen LogP contribution in [0, 0.1) is 0 Å². The van der Waals surface area contributed by atoms with Gasteiger partial charge in [-0.15, -0.1) is 19.7 Å². The molecule has 11 heavy (non-hydrogen) atoms. The average molecular weight is 153 g/mol. The summed E-state index contributed by atoms with van der Waals surface area (Å²) >= 11 is 0. The number of nitrogens with zero attached hydrogens (tertiary/aromatic N) is 1. The summed E-state index contributed by atoms with van der Waals surface area (Å²) in [5, 5.41) is 0. The Morgan fingerprint density at radius 1 is 0.818 bits per heavy atom. The maximum atomic E-state index is 3.65. The summed E-state index contributed by atoms with van der Waals surface area (Å²) < 4.78 is 0. The highest BCUT2D eigenvalue weighted by atomic mass is 15.1. The molecule has 0 fully saturated rings. The lowest BCUT2D eigenvalue weighted by molar-refractivity contribution is 0.373. The standard InChI is InChI=1S/C9H15N.CH4/c1-4-7-10(8-5-2)9-6-3;/h4-6H,1-3,7-9H2;1H4. The fraction of sp³-hybridized carbons (Fsp3) is 0.400. The minimum absolute atomic E-state index is 0. The molecule has 0 unspecified atom stereocenters. The molecule has 1 nitrogen and oxygen atoms in total. The normalized spacial score (nSPS) is 8.45. The Bertz CT molecular complexity index is 92.3. The second-order valence-electron chi connectivity index (χ2n) is 2.08. The topological polar surface area (TPSA) is 3.24 Å². The van der Waals surface area contributed by atoms with E-state index in [2.05, 4.69) is 24.6 Å². The zero-order valence-corrected chi connectivity index (χ0v) is 6.42. The molecule has 0 aliphatic heterocycles. The smallest absolute Gasteiger partial charge is 0.0167 e. The minimum Gasteiger partial charge on any atom is -0.292 e. The molecule has 0 spiro atoms. The van der Waals surface area contributed by atoms with Gasteiger partial charge in [-0.05, 0) is 0 Å². The van der Waals surface area contributed by atoms with E-state index >= 15 is 0 Å². The summed E-state index contributed by atoms with van der Waals surface area (Å²) in [4.78, 5) is 2.19. The van der Waals surface area contributed by atoms with Crippen molar-refractivity contribution in [2.24, 2.45) is 0 Å². The Morgan fingerprint density at radius 2 is 1.09 bits per heavy atom. The third-order valence-corrected chi connectivity index (χ3v) is 1.16. The SMILES string of the molecule is C.C=CCN(CC=C)CC=C. The summed E-state index contributed by atoms with van der Waals surface area (Å²) in [6.45, 7) is 13.7. The molecule has 1 heteroatoms. The lowest BCUT2D eigenvalue weighted by atomic mass is 10.4. The van der Waals surface area contributed by atoms with E-state index in [1.165, 1.54) is 0 Å². The van der Waals surface area contributed by atoms with Gasteiger partial charge in [-0.2, -0.15) is 0 Å². The van der Waals surface area contributed by atoms with Gasteiger partial charge >= 0.3 is 0 Å². The molecule has 0 atom stereocenters. The first-order chi connectivity index (χ1) is 4.85. The van der Waals surface area contributed by atoms with Crippen molar-refractivity contribution in [2.75, 3.05) is 19.6 Å². The van der Waals surface area contributed by atoms with Gasteiger partial charge in [0.05, 0.1) is 0 Å². The highest BCUT2D eigenvalue weighted by molar-refractivity contribution is 4.83. The molecule has 0 rings (SSSR count). The van der Waals surface area contributed by atoms with Gasteiger partial charge in [0, 0.05) is 19.6 Å². The Labute approximate surface area is 70.7 Å². The molecule has 0 aliphatic rings. The molecule has 0 saturated heterocycles. The molecule has 0 saturated carbocycles. The Morgan fingerprint density at radius 3 is 1.27 bits per heavy atom. The van der Waals surface area contributed by atoms with Crippen molar-refractivity contribution >= 4 is 0 Å². The summed E-state index contributed by atoms with van der Waals surface area (Å²) in [5.41, 5.74) is 0. The summed E-state index contributed by atoms with van der Waals surface area (Å²) in [6.07, 6.45) is 5.65. The van der Waals surface area contributed by atoms with E-state index in [0.29, 0.717) is 0 Å². The van der Waals surface area contributed by atoms with E-state index < -0.39 is 0 Å². The van der Waals surface area contributed by atoms with Crippen molar-refractivity contribution < 1.29 is 0 Å². The van der Waals surface area contributed by atoms with Crippen LogP contribution in [0.2, 0.25) is 0 Å². The maximum absolute atomic E-state index is 3.65. The van der Waals surface area contributed by atoms with Crippen LogP contribution in [-0.4, -0.2) is 24.5 Å². The minimum atomic E-state index is 0. The van der Waals surface area contributed by atoms with Gasteiger partial charge in [-0.25, -0.2) is 0 Å². The van der Waals surface area contributed by atoms with Crippen LogP contribution < -0.4 is 0 Å². The third-order valence-electron chi connectivity index (χ3n) is 1.16. The largest absolute Gasteiger partial charge is 0.292 e. The molecule has 0 radical (unpaired) electrons.